The molecule has 1 saturated carbocycles. The molecular weight excluding hydrogens is 324 g/mol. The molecule has 1 amide bonds. The van der Waals surface area contributed by atoms with Crippen LogP contribution in [0.1, 0.15) is 49.0 Å². The number of amides is 1. The van der Waals surface area contributed by atoms with Crippen molar-refractivity contribution in [1.82, 2.24) is 4.98 Å². The minimum Gasteiger partial charge on any atom is -0.382 e. The summed E-state index contributed by atoms with van der Waals surface area (Å²) >= 11 is 0. The molecule has 2 N–H and O–H groups in total. The minimum atomic E-state index is -0.818. The molecule has 1 aliphatic rings. The number of benzene rings is 1. The fourth-order valence-electron chi connectivity index (χ4n) is 3.08. The molecule has 1 aromatic carbocycles. The highest BCUT2D eigenvalue weighted by Gasteiger charge is 2.15. The van der Waals surface area contributed by atoms with Crippen LogP contribution in [-0.2, 0) is 0 Å². The van der Waals surface area contributed by atoms with Gasteiger partial charge in [0.05, 0.1) is 5.69 Å². The zero-order chi connectivity index (χ0) is 17.6. The predicted octanol–water partition coefficient (Wildman–Crippen LogP) is 4.75. The monoisotopic (exact) mass is 345 g/mol. The summed E-state index contributed by atoms with van der Waals surface area (Å²) in [6.07, 6.45) is 8.74. The van der Waals surface area contributed by atoms with Gasteiger partial charge in [0.25, 0.3) is 5.91 Å². The average Bonchev–Trinajstić information content (AvgIpc) is 2.86. The van der Waals surface area contributed by atoms with Gasteiger partial charge in [0.1, 0.15) is 17.3 Å². The summed E-state index contributed by atoms with van der Waals surface area (Å²) < 4.78 is 26.6. The molecular formula is C19H21F2N3O. The number of hydrogen-bond acceptors (Lipinski definition) is 3. The van der Waals surface area contributed by atoms with Crippen molar-refractivity contribution in [1.29, 1.82) is 0 Å². The van der Waals surface area contributed by atoms with Gasteiger partial charge in [-0.2, -0.15) is 0 Å². The van der Waals surface area contributed by atoms with Crippen LogP contribution >= 0.6 is 0 Å². The van der Waals surface area contributed by atoms with E-state index in [0.717, 1.165) is 30.7 Å². The maximum Gasteiger partial charge on any atom is 0.274 e. The Morgan fingerprint density at radius 1 is 1.04 bits per heavy atom. The third kappa shape index (κ3) is 4.75. The first kappa shape index (κ1) is 17.3. The second kappa shape index (κ2) is 8.05. The van der Waals surface area contributed by atoms with Crippen molar-refractivity contribution >= 4 is 17.3 Å². The molecule has 1 heterocycles. The zero-order valence-electron chi connectivity index (χ0n) is 13.9. The van der Waals surface area contributed by atoms with Crippen LogP contribution in [0, 0.1) is 11.6 Å². The molecule has 0 saturated heterocycles. The molecule has 0 spiro atoms. The number of anilines is 2. The Kier molecular flexibility index (Phi) is 5.58. The van der Waals surface area contributed by atoms with E-state index >= 15 is 0 Å². The van der Waals surface area contributed by atoms with E-state index in [0.29, 0.717) is 6.04 Å². The number of carbonyl (C=O) groups is 1. The Labute approximate surface area is 145 Å². The van der Waals surface area contributed by atoms with Crippen molar-refractivity contribution in [3.63, 3.8) is 0 Å². The number of nitrogens with one attached hydrogen (secondary N) is 2. The lowest BCUT2D eigenvalue weighted by atomic mass is 10.1. The molecule has 6 heteroatoms. The molecule has 1 aliphatic carbocycles. The molecule has 0 aliphatic heterocycles. The van der Waals surface area contributed by atoms with Gasteiger partial charge in [-0.15, -0.1) is 0 Å². The van der Waals surface area contributed by atoms with E-state index in [4.69, 9.17) is 0 Å². The van der Waals surface area contributed by atoms with Crippen molar-refractivity contribution in [2.45, 2.75) is 44.6 Å². The first-order valence-corrected chi connectivity index (χ1v) is 8.61. The summed E-state index contributed by atoms with van der Waals surface area (Å²) in [5, 5.41) is 5.88. The second-order valence-corrected chi connectivity index (χ2v) is 6.34. The summed E-state index contributed by atoms with van der Waals surface area (Å²) in [5.41, 5.74) is 0.935. The summed E-state index contributed by atoms with van der Waals surface area (Å²) in [6.45, 7) is 0. The maximum absolute atomic E-state index is 13.7. The standard InChI is InChI=1S/C19H21F2N3O/c20-13-7-8-17(16(21)11-13)24-19(25)18-12-15(9-10-22-18)23-14-5-3-1-2-4-6-14/h7-12,14H,1-6H2,(H,22,23)(H,24,25). The van der Waals surface area contributed by atoms with Crippen molar-refractivity contribution < 1.29 is 13.6 Å². The molecule has 0 radical (unpaired) electrons. The smallest absolute Gasteiger partial charge is 0.274 e. The first-order valence-electron chi connectivity index (χ1n) is 8.61. The van der Waals surface area contributed by atoms with Crippen LogP contribution < -0.4 is 10.6 Å². The molecule has 1 fully saturated rings. The van der Waals surface area contributed by atoms with Gasteiger partial charge in [-0.1, -0.05) is 25.7 Å². The molecule has 4 nitrogen and oxygen atoms in total. The number of nitrogens with zero attached hydrogens (tertiary/aromatic N) is 1. The Morgan fingerprint density at radius 2 is 1.80 bits per heavy atom. The van der Waals surface area contributed by atoms with Crippen LogP contribution in [0.25, 0.3) is 0 Å². The van der Waals surface area contributed by atoms with Gasteiger partial charge in [-0.25, -0.2) is 8.78 Å². The molecule has 1 aromatic heterocycles. The zero-order valence-corrected chi connectivity index (χ0v) is 13.9. The van der Waals surface area contributed by atoms with Crippen molar-refractivity contribution in [3.05, 3.63) is 53.9 Å². The molecule has 25 heavy (non-hydrogen) atoms. The van der Waals surface area contributed by atoms with E-state index in [9.17, 15) is 13.6 Å². The average molecular weight is 345 g/mol. The van der Waals surface area contributed by atoms with E-state index in [1.807, 2.05) is 6.07 Å². The second-order valence-electron chi connectivity index (χ2n) is 6.34. The van der Waals surface area contributed by atoms with Crippen LogP contribution in [0.2, 0.25) is 0 Å². The number of aromatic nitrogens is 1. The maximum atomic E-state index is 13.7. The summed E-state index contributed by atoms with van der Waals surface area (Å²) in [7, 11) is 0. The molecule has 0 bridgehead atoms. The molecule has 3 rings (SSSR count). The van der Waals surface area contributed by atoms with Crippen molar-refractivity contribution in [2.75, 3.05) is 10.6 Å². The highest BCUT2D eigenvalue weighted by Crippen LogP contribution is 2.22. The molecule has 2 aromatic rings. The normalized spacial score (nSPS) is 15.4. The Morgan fingerprint density at radius 3 is 2.52 bits per heavy atom. The molecule has 0 unspecified atom stereocenters. The number of carbonyl (C=O) groups excluding carboxylic acids is 1. The van der Waals surface area contributed by atoms with E-state index < -0.39 is 17.5 Å². The van der Waals surface area contributed by atoms with Crippen LogP contribution in [-0.4, -0.2) is 16.9 Å². The van der Waals surface area contributed by atoms with E-state index in [2.05, 4.69) is 15.6 Å². The number of halogens is 2. The highest BCUT2D eigenvalue weighted by molar-refractivity contribution is 6.03. The Hall–Kier alpha value is -2.50. The number of rotatable bonds is 4. The van der Waals surface area contributed by atoms with E-state index in [1.165, 1.54) is 31.7 Å². The van der Waals surface area contributed by atoms with Crippen molar-refractivity contribution in [2.24, 2.45) is 0 Å². The fraction of sp³-hybridized carbons (Fsp3) is 0.368. The number of hydrogen-bond donors (Lipinski definition) is 2. The molecule has 0 atom stereocenters. The number of pyridine rings is 1. The highest BCUT2D eigenvalue weighted by atomic mass is 19.1. The quantitative estimate of drug-likeness (QED) is 0.787. The lowest BCUT2D eigenvalue weighted by molar-refractivity contribution is 0.102. The van der Waals surface area contributed by atoms with Crippen molar-refractivity contribution in [3.8, 4) is 0 Å². The van der Waals surface area contributed by atoms with E-state index in [-0.39, 0.29) is 11.4 Å². The first-order chi connectivity index (χ1) is 12.1. The van der Waals surface area contributed by atoms with Gasteiger partial charge in [-0.05, 0) is 37.1 Å². The minimum absolute atomic E-state index is 0.0738. The van der Waals surface area contributed by atoms with Crippen LogP contribution in [0.15, 0.2) is 36.5 Å². The lowest BCUT2D eigenvalue weighted by Crippen LogP contribution is -2.19. The van der Waals surface area contributed by atoms with Gasteiger partial charge < -0.3 is 10.6 Å². The Balaban J connectivity index is 1.68. The summed E-state index contributed by atoms with van der Waals surface area (Å²) in [5.74, 6) is -2.04. The van der Waals surface area contributed by atoms with Gasteiger partial charge >= 0.3 is 0 Å². The summed E-state index contributed by atoms with van der Waals surface area (Å²) in [4.78, 5) is 16.3. The molecule has 132 valence electrons. The van der Waals surface area contributed by atoms with Crippen LogP contribution in [0.5, 0.6) is 0 Å². The Bertz CT molecular complexity index is 743. The predicted molar refractivity (Wildman–Crippen MR) is 93.7 cm³/mol. The largest absolute Gasteiger partial charge is 0.382 e. The van der Waals surface area contributed by atoms with Crippen LogP contribution in [0.3, 0.4) is 0 Å². The SMILES string of the molecule is O=C(Nc1ccc(F)cc1F)c1cc(NC2CCCCCC2)ccn1. The lowest BCUT2D eigenvalue weighted by Gasteiger charge is -2.18. The third-order valence-corrected chi connectivity index (χ3v) is 4.40. The van der Waals surface area contributed by atoms with Gasteiger partial charge in [-0.3, -0.25) is 9.78 Å². The third-order valence-electron chi connectivity index (χ3n) is 4.40. The van der Waals surface area contributed by atoms with E-state index in [1.54, 1.807) is 12.3 Å². The summed E-state index contributed by atoms with van der Waals surface area (Å²) in [6, 6.07) is 6.89. The van der Waals surface area contributed by atoms with Gasteiger partial charge in [0.2, 0.25) is 0 Å². The topological polar surface area (TPSA) is 54.0 Å². The van der Waals surface area contributed by atoms with Gasteiger partial charge in [0.15, 0.2) is 0 Å². The fourth-order valence-corrected chi connectivity index (χ4v) is 3.08. The van der Waals surface area contributed by atoms with Gasteiger partial charge in [0, 0.05) is 24.0 Å². The van der Waals surface area contributed by atoms with Crippen LogP contribution in [0.4, 0.5) is 20.2 Å².